The van der Waals surface area contributed by atoms with Crippen LogP contribution in [-0.4, -0.2) is 87.5 Å². The quantitative estimate of drug-likeness (QED) is 0.0308. The predicted octanol–water partition coefficient (Wildman–Crippen LogP) is 7.94. The summed E-state index contributed by atoms with van der Waals surface area (Å²) >= 11 is 0. The van der Waals surface area contributed by atoms with E-state index in [1.165, 1.54) is 0 Å². The second-order valence-corrected chi connectivity index (χ2v) is 13.7. The van der Waals surface area contributed by atoms with E-state index < -0.39 is 49.5 Å². The van der Waals surface area contributed by atoms with Gasteiger partial charge in [-0.25, -0.2) is 0 Å². The number of carbonyl (C=O) groups excluding carboxylic acids is 1. The first-order valence-corrected chi connectivity index (χ1v) is 20.6. The molecule has 1 saturated heterocycles. The molecule has 0 aromatic rings. The van der Waals surface area contributed by atoms with E-state index in [4.69, 9.17) is 9.47 Å². The molecule has 6 N–H and O–H groups in total. The van der Waals surface area contributed by atoms with Gasteiger partial charge in [0, 0.05) is 6.42 Å². The molecule has 0 aromatic heterocycles. The molecule has 0 saturated carbocycles. The summed E-state index contributed by atoms with van der Waals surface area (Å²) in [6.45, 7) is 3.46. The van der Waals surface area contributed by atoms with Gasteiger partial charge < -0.3 is 40.3 Å². The average Bonchev–Trinajstić information content (AvgIpc) is 3.18. The van der Waals surface area contributed by atoms with Gasteiger partial charge in [0.25, 0.3) is 0 Å². The number of ether oxygens (including phenoxy) is 2. The lowest BCUT2D eigenvalue weighted by Gasteiger charge is -2.40. The molecule has 55 heavy (non-hydrogen) atoms. The van der Waals surface area contributed by atoms with Gasteiger partial charge >= 0.3 is 0 Å². The van der Waals surface area contributed by atoms with Crippen LogP contribution in [0.25, 0.3) is 0 Å². The largest absolute Gasteiger partial charge is 0.394 e. The van der Waals surface area contributed by atoms with Crippen LogP contribution < -0.4 is 5.32 Å². The van der Waals surface area contributed by atoms with Crippen LogP contribution in [-0.2, 0) is 14.3 Å². The number of aliphatic hydroxyl groups excluding tert-OH is 5. The Morgan fingerprint density at radius 1 is 0.636 bits per heavy atom. The van der Waals surface area contributed by atoms with E-state index in [2.05, 4.69) is 116 Å². The summed E-state index contributed by atoms with van der Waals surface area (Å²) < 4.78 is 11.1. The third-order valence-electron chi connectivity index (χ3n) is 8.81. The fraction of sp³-hybridized carbons (Fsp3) is 0.587. The molecular formula is C46H73NO8. The molecule has 1 aliphatic heterocycles. The van der Waals surface area contributed by atoms with E-state index >= 15 is 0 Å². The summed E-state index contributed by atoms with van der Waals surface area (Å²) in [6.07, 6.45) is 44.5. The number of nitrogens with one attached hydrogen (secondary N) is 1. The van der Waals surface area contributed by atoms with Gasteiger partial charge in [0.05, 0.1) is 25.4 Å². The topological polar surface area (TPSA) is 149 Å². The van der Waals surface area contributed by atoms with Crippen LogP contribution in [0, 0.1) is 0 Å². The number of unbranched alkanes of at least 4 members (excludes halogenated alkanes) is 5. The number of carbonyl (C=O) groups is 1. The molecule has 310 valence electrons. The number of allylic oxidation sites excluding steroid dienone is 17. The van der Waals surface area contributed by atoms with Gasteiger partial charge in [-0.15, -0.1) is 0 Å². The minimum atomic E-state index is -1.58. The maximum Gasteiger partial charge on any atom is 0.220 e. The average molecular weight is 768 g/mol. The first kappa shape index (κ1) is 49.9. The van der Waals surface area contributed by atoms with Gasteiger partial charge in [0.1, 0.15) is 24.4 Å². The van der Waals surface area contributed by atoms with Crippen molar-refractivity contribution >= 4 is 5.91 Å². The van der Waals surface area contributed by atoms with Crippen molar-refractivity contribution in [3.05, 3.63) is 109 Å². The Balaban J connectivity index is 2.33. The maximum absolute atomic E-state index is 12.8. The van der Waals surface area contributed by atoms with Crippen molar-refractivity contribution in [1.82, 2.24) is 5.32 Å². The Kier molecular flexibility index (Phi) is 32.0. The van der Waals surface area contributed by atoms with Crippen LogP contribution in [0.15, 0.2) is 109 Å². The lowest BCUT2D eigenvalue weighted by molar-refractivity contribution is -0.302. The zero-order valence-corrected chi connectivity index (χ0v) is 33.6. The van der Waals surface area contributed by atoms with E-state index in [0.29, 0.717) is 6.42 Å². The minimum Gasteiger partial charge on any atom is -0.394 e. The van der Waals surface area contributed by atoms with Crippen LogP contribution >= 0.6 is 0 Å². The van der Waals surface area contributed by atoms with Crippen molar-refractivity contribution < 1.29 is 39.8 Å². The van der Waals surface area contributed by atoms with Crippen LogP contribution in [0.3, 0.4) is 0 Å². The second-order valence-electron chi connectivity index (χ2n) is 13.7. The molecule has 1 aliphatic rings. The summed E-state index contributed by atoms with van der Waals surface area (Å²) in [6, 6.07) is -0.844. The Morgan fingerprint density at radius 3 is 1.69 bits per heavy atom. The van der Waals surface area contributed by atoms with Crippen molar-refractivity contribution in [2.75, 3.05) is 13.2 Å². The standard InChI is InChI=1S/C46H73NO8/c1-3-5-7-9-11-12-13-14-15-16-17-18-19-20-21-22-23-24-25-26-27-28-30-32-34-36-42(50)47-39(40(49)35-33-31-29-10-8-6-4-2)38-54-46-45(53)44(52)43(51)41(37-48)55-46/h5,7-8,10-12,14-15,17-18,20-21,23-24,26-27,33,35,39-41,43-46,48-49,51-53H,3-4,6,9,13,16,19,22,25,28-32,34,36-38H2,1-2H3,(H,47,50)/b7-5-,10-8+,12-11-,15-14-,18-17-,21-20-,24-23-,27-26-,35-33+. The molecule has 1 fully saturated rings. The lowest BCUT2D eigenvalue weighted by atomic mass is 9.99. The van der Waals surface area contributed by atoms with Gasteiger partial charge in [-0.05, 0) is 83.5 Å². The fourth-order valence-corrected chi connectivity index (χ4v) is 5.51. The number of rotatable bonds is 31. The van der Waals surface area contributed by atoms with E-state index in [9.17, 15) is 30.3 Å². The monoisotopic (exact) mass is 768 g/mol. The molecule has 9 nitrogen and oxygen atoms in total. The Hall–Kier alpha value is -3.15. The summed E-state index contributed by atoms with van der Waals surface area (Å²) in [7, 11) is 0. The Morgan fingerprint density at radius 2 is 1.15 bits per heavy atom. The second kappa shape index (κ2) is 35.3. The maximum atomic E-state index is 12.8. The molecule has 0 bridgehead atoms. The molecule has 1 heterocycles. The molecule has 7 unspecified atom stereocenters. The molecule has 0 spiro atoms. The first-order valence-electron chi connectivity index (χ1n) is 20.6. The predicted molar refractivity (Wildman–Crippen MR) is 225 cm³/mol. The molecule has 0 aromatic carbocycles. The molecular weight excluding hydrogens is 695 g/mol. The van der Waals surface area contributed by atoms with Crippen molar-refractivity contribution in [1.29, 1.82) is 0 Å². The third kappa shape index (κ3) is 26.4. The Bertz CT molecular complexity index is 1210. The van der Waals surface area contributed by atoms with Crippen LogP contribution in [0.4, 0.5) is 0 Å². The van der Waals surface area contributed by atoms with Gasteiger partial charge in [0.15, 0.2) is 6.29 Å². The van der Waals surface area contributed by atoms with Gasteiger partial charge in [0.2, 0.25) is 5.91 Å². The minimum absolute atomic E-state index is 0.224. The van der Waals surface area contributed by atoms with Crippen molar-refractivity contribution in [3.8, 4) is 0 Å². The normalized spacial score (nSPS) is 22.5. The summed E-state index contributed by atoms with van der Waals surface area (Å²) in [4.78, 5) is 12.8. The van der Waals surface area contributed by atoms with Gasteiger partial charge in [-0.1, -0.05) is 136 Å². The summed E-state index contributed by atoms with van der Waals surface area (Å²) in [5.41, 5.74) is 0. The van der Waals surface area contributed by atoms with Crippen LogP contribution in [0.5, 0.6) is 0 Å². The highest BCUT2D eigenvalue weighted by atomic mass is 16.7. The smallest absolute Gasteiger partial charge is 0.220 e. The third-order valence-corrected chi connectivity index (χ3v) is 8.81. The molecule has 0 radical (unpaired) electrons. The SMILES string of the molecule is CC/C=C\C/C=C\C/C=C\C/C=C\C/C=C\C/C=C\C/C=C\CCCCCC(=O)NC(COC1OC(CO)C(O)C(O)C1O)C(O)/C=C/CC/C=C/CCC. The van der Waals surface area contributed by atoms with Crippen molar-refractivity contribution in [3.63, 3.8) is 0 Å². The highest BCUT2D eigenvalue weighted by Gasteiger charge is 2.44. The highest BCUT2D eigenvalue weighted by Crippen LogP contribution is 2.22. The molecule has 0 aliphatic carbocycles. The van der Waals surface area contributed by atoms with E-state index in [1.54, 1.807) is 6.08 Å². The van der Waals surface area contributed by atoms with Crippen molar-refractivity contribution in [2.45, 2.75) is 159 Å². The Labute approximate surface area is 332 Å². The van der Waals surface area contributed by atoms with Crippen LogP contribution in [0.2, 0.25) is 0 Å². The van der Waals surface area contributed by atoms with Gasteiger partial charge in [-0.2, -0.15) is 0 Å². The zero-order chi connectivity index (χ0) is 40.2. The van der Waals surface area contributed by atoms with Gasteiger partial charge in [-0.3, -0.25) is 4.79 Å². The number of hydrogen-bond donors (Lipinski definition) is 6. The van der Waals surface area contributed by atoms with E-state index in [1.807, 2.05) is 6.08 Å². The number of hydrogen-bond acceptors (Lipinski definition) is 8. The zero-order valence-electron chi connectivity index (χ0n) is 33.6. The summed E-state index contributed by atoms with van der Waals surface area (Å²) in [5.74, 6) is -0.231. The van der Waals surface area contributed by atoms with Crippen molar-refractivity contribution in [2.24, 2.45) is 0 Å². The van der Waals surface area contributed by atoms with E-state index in [-0.39, 0.29) is 18.9 Å². The summed E-state index contributed by atoms with van der Waals surface area (Å²) in [5, 5.41) is 53.7. The number of aliphatic hydroxyl groups is 5. The van der Waals surface area contributed by atoms with Crippen LogP contribution in [0.1, 0.15) is 117 Å². The lowest BCUT2D eigenvalue weighted by Crippen LogP contribution is -2.60. The fourth-order valence-electron chi connectivity index (χ4n) is 5.51. The molecule has 1 rings (SSSR count). The molecule has 9 heteroatoms. The number of amides is 1. The highest BCUT2D eigenvalue weighted by molar-refractivity contribution is 5.76. The van der Waals surface area contributed by atoms with E-state index in [0.717, 1.165) is 89.9 Å². The molecule has 7 atom stereocenters. The molecule has 1 amide bonds. The first-order chi connectivity index (χ1) is 26.8.